The van der Waals surface area contributed by atoms with E-state index in [0.717, 1.165) is 31.6 Å². The highest BCUT2D eigenvalue weighted by molar-refractivity contribution is 5.76. The molecule has 0 aromatic carbocycles. The van der Waals surface area contributed by atoms with Crippen LogP contribution in [-0.4, -0.2) is 54.8 Å². The van der Waals surface area contributed by atoms with E-state index in [4.69, 9.17) is 4.74 Å². The Kier molecular flexibility index (Phi) is 3.82. The normalized spacial score (nSPS) is 23.4. The van der Waals surface area contributed by atoms with Crippen molar-refractivity contribution in [1.29, 1.82) is 0 Å². The van der Waals surface area contributed by atoms with Crippen LogP contribution in [0.3, 0.4) is 0 Å². The molecule has 2 aromatic rings. The lowest BCUT2D eigenvalue weighted by Crippen LogP contribution is -2.50. The van der Waals surface area contributed by atoms with Crippen molar-refractivity contribution in [3.63, 3.8) is 0 Å². The van der Waals surface area contributed by atoms with Crippen molar-refractivity contribution in [2.45, 2.75) is 44.6 Å². The molecular formula is C15H20N6O2. The van der Waals surface area contributed by atoms with Gasteiger partial charge in [-0.1, -0.05) is 5.21 Å². The third-order valence-corrected chi connectivity index (χ3v) is 4.62. The van der Waals surface area contributed by atoms with E-state index in [1.54, 1.807) is 12.4 Å². The minimum absolute atomic E-state index is 0.0213. The number of likely N-dealkylation sites (tertiary alicyclic amines) is 1. The molecule has 23 heavy (non-hydrogen) atoms. The first-order valence-corrected chi connectivity index (χ1v) is 8.07. The van der Waals surface area contributed by atoms with E-state index in [0.29, 0.717) is 19.6 Å². The SMILES string of the molecule is O=C(CCCn1cccn1)N1CC[C@H]2[C@H](C1)OCc1cnnn12. The van der Waals surface area contributed by atoms with Crippen LogP contribution in [0.4, 0.5) is 0 Å². The minimum Gasteiger partial charge on any atom is -0.368 e. The number of ether oxygens (including phenoxy) is 1. The van der Waals surface area contributed by atoms with Crippen molar-refractivity contribution in [1.82, 2.24) is 29.7 Å². The van der Waals surface area contributed by atoms with Crippen LogP contribution in [0, 0.1) is 0 Å². The topological polar surface area (TPSA) is 78.1 Å². The van der Waals surface area contributed by atoms with Gasteiger partial charge in [0.15, 0.2) is 0 Å². The third-order valence-electron chi connectivity index (χ3n) is 4.62. The summed E-state index contributed by atoms with van der Waals surface area (Å²) in [4.78, 5) is 14.3. The van der Waals surface area contributed by atoms with E-state index in [-0.39, 0.29) is 18.1 Å². The maximum atomic E-state index is 12.4. The molecule has 1 saturated heterocycles. The Bertz CT molecular complexity index is 667. The monoisotopic (exact) mass is 316 g/mol. The molecule has 0 bridgehead atoms. The van der Waals surface area contributed by atoms with Crippen molar-refractivity contribution >= 4 is 5.91 Å². The average Bonchev–Trinajstić information content (AvgIpc) is 3.25. The number of aromatic nitrogens is 5. The van der Waals surface area contributed by atoms with E-state index in [1.807, 2.05) is 26.5 Å². The van der Waals surface area contributed by atoms with Gasteiger partial charge in [0, 0.05) is 38.4 Å². The molecule has 0 aliphatic carbocycles. The Morgan fingerprint density at radius 2 is 2.39 bits per heavy atom. The molecule has 2 aromatic heterocycles. The Labute approximate surface area is 134 Å². The zero-order valence-electron chi connectivity index (χ0n) is 12.9. The van der Waals surface area contributed by atoms with E-state index in [9.17, 15) is 4.79 Å². The van der Waals surface area contributed by atoms with Gasteiger partial charge in [0.1, 0.15) is 0 Å². The highest BCUT2D eigenvalue weighted by Crippen LogP contribution is 2.30. The van der Waals surface area contributed by atoms with Gasteiger partial charge in [0.25, 0.3) is 0 Å². The Morgan fingerprint density at radius 1 is 1.43 bits per heavy atom. The number of amides is 1. The summed E-state index contributed by atoms with van der Waals surface area (Å²) < 4.78 is 9.72. The third kappa shape index (κ3) is 2.86. The number of aryl methyl sites for hydroxylation is 1. The summed E-state index contributed by atoms with van der Waals surface area (Å²) >= 11 is 0. The summed E-state index contributed by atoms with van der Waals surface area (Å²) in [7, 11) is 0. The molecule has 1 fully saturated rings. The van der Waals surface area contributed by atoms with E-state index >= 15 is 0 Å². The van der Waals surface area contributed by atoms with Crippen molar-refractivity contribution in [3.8, 4) is 0 Å². The van der Waals surface area contributed by atoms with Gasteiger partial charge in [0.05, 0.1) is 30.6 Å². The molecule has 122 valence electrons. The molecule has 0 spiro atoms. The molecule has 2 aliphatic rings. The largest absolute Gasteiger partial charge is 0.368 e. The molecule has 0 unspecified atom stereocenters. The van der Waals surface area contributed by atoms with Gasteiger partial charge in [-0.3, -0.25) is 9.48 Å². The molecule has 8 nitrogen and oxygen atoms in total. The maximum Gasteiger partial charge on any atom is 0.222 e. The fraction of sp³-hybridized carbons (Fsp3) is 0.600. The molecule has 4 heterocycles. The predicted molar refractivity (Wildman–Crippen MR) is 80.3 cm³/mol. The molecule has 0 radical (unpaired) electrons. The Balaban J connectivity index is 1.31. The zero-order valence-corrected chi connectivity index (χ0v) is 12.9. The minimum atomic E-state index is 0.0213. The number of hydrogen-bond donors (Lipinski definition) is 0. The first-order valence-electron chi connectivity index (χ1n) is 8.07. The highest BCUT2D eigenvalue weighted by Gasteiger charge is 2.37. The quantitative estimate of drug-likeness (QED) is 0.826. The number of fused-ring (bicyclic) bond motifs is 3. The molecule has 4 rings (SSSR count). The fourth-order valence-electron chi connectivity index (χ4n) is 3.40. The van der Waals surface area contributed by atoms with Crippen LogP contribution < -0.4 is 0 Å². The second kappa shape index (κ2) is 6.11. The van der Waals surface area contributed by atoms with Crippen LogP contribution >= 0.6 is 0 Å². The molecule has 2 atom stereocenters. The summed E-state index contributed by atoms with van der Waals surface area (Å²) in [5, 5.41) is 12.3. The van der Waals surface area contributed by atoms with Crippen LogP contribution in [0.25, 0.3) is 0 Å². The molecule has 2 aliphatic heterocycles. The standard InChI is InChI=1S/C15H20N6O2/c22-15(3-1-6-20-7-2-5-17-20)19-8-4-13-14(10-19)23-11-12-9-16-18-21(12)13/h2,5,7,9,13-14H,1,3-4,6,8,10-11H2/t13-,14-/m0/s1. The van der Waals surface area contributed by atoms with Crippen LogP contribution in [0.15, 0.2) is 24.7 Å². The van der Waals surface area contributed by atoms with Crippen molar-refractivity contribution in [2.24, 2.45) is 0 Å². The van der Waals surface area contributed by atoms with E-state index in [2.05, 4.69) is 15.4 Å². The second-order valence-electron chi connectivity index (χ2n) is 6.09. The van der Waals surface area contributed by atoms with Crippen LogP contribution in [0.2, 0.25) is 0 Å². The van der Waals surface area contributed by atoms with Crippen LogP contribution in [0.1, 0.15) is 31.0 Å². The number of carbonyl (C=O) groups is 1. The van der Waals surface area contributed by atoms with Crippen molar-refractivity contribution in [2.75, 3.05) is 13.1 Å². The lowest BCUT2D eigenvalue weighted by Gasteiger charge is -2.41. The van der Waals surface area contributed by atoms with Gasteiger partial charge in [-0.2, -0.15) is 5.10 Å². The number of nitrogens with zero attached hydrogens (tertiary/aromatic N) is 6. The van der Waals surface area contributed by atoms with Gasteiger partial charge in [-0.15, -0.1) is 5.10 Å². The van der Waals surface area contributed by atoms with Crippen molar-refractivity contribution < 1.29 is 9.53 Å². The Morgan fingerprint density at radius 3 is 3.26 bits per heavy atom. The lowest BCUT2D eigenvalue weighted by molar-refractivity contribution is -0.139. The summed E-state index contributed by atoms with van der Waals surface area (Å²) in [6.45, 7) is 2.70. The number of carbonyl (C=O) groups excluding carboxylic acids is 1. The van der Waals surface area contributed by atoms with Gasteiger partial charge >= 0.3 is 0 Å². The van der Waals surface area contributed by atoms with E-state index < -0.39 is 0 Å². The summed E-state index contributed by atoms with van der Waals surface area (Å²) in [5.41, 5.74) is 1.02. The maximum absolute atomic E-state index is 12.4. The summed E-state index contributed by atoms with van der Waals surface area (Å²) in [6.07, 6.45) is 7.67. The van der Waals surface area contributed by atoms with Gasteiger partial charge < -0.3 is 9.64 Å². The van der Waals surface area contributed by atoms with Gasteiger partial charge in [-0.05, 0) is 18.9 Å². The molecule has 1 amide bonds. The smallest absolute Gasteiger partial charge is 0.222 e. The zero-order chi connectivity index (χ0) is 15.6. The molecule has 8 heteroatoms. The fourth-order valence-corrected chi connectivity index (χ4v) is 3.40. The predicted octanol–water partition coefficient (Wildman–Crippen LogP) is 0.627. The number of rotatable bonds is 4. The number of piperidine rings is 1. The summed E-state index contributed by atoms with van der Waals surface area (Å²) in [5.74, 6) is 0.198. The lowest BCUT2D eigenvalue weighted by atomic mass is 9.99. The summed E-state index contributed by atoms with van der Waals surface area (Å²) in [6, 6.07) is 2.10. The molecule has 0 N–H and O–H groups in total. The first kappa shape index (κ1) is 14.4. The first-order chi connectivity index (χ1) is 11.3. The Hall–Kier alpha value is -2.22. The number of hydrogen-bond acceptors (Lipinski definition) is 5. The highest BCUT2D eigenvalue weighted by atomic mass is 16.5. The molecule has 0 saturated carbocycles. The van der Waals surface area contributed by atoms with Crippen LogP contribution in [-0.2, 0) is 22.7 Å². The van der Waals surface area contributed by atoms with Gasteiger partial charge in [-0.25, -0.2) is 4.68 Å². The van der Waals surface area contributed by atoms with E-state index in [1.165, 1.54) is 0 Å². The molecular weight excluding hydrogens is 296 g/mol. The second-order valence-corrected chi connectivity index (χ2v) is 6.09. The average molecular weight is 316 g/mol. The van der Waals surface area contributed by atoms with Crippen molar-refractivity contribution in [3.05, 3.63) is 30.4 Å². The van der Waals surface area contributed by atoms with Crippen LogP contribution in [0.5, 0.6) is 0 Å². The van der Waals surface area contributed by atoms with Gasteiger partial charge in [0.2, 0.25) is 5.91 Å².